The molecule has 0 heterocycles. The van der Waals surface area contributed by atoms with Crippen LogP contribution >= 0.6 is 11.6 Å². The van der Waals surface area contributed by atoms with Crippen molar-refractivity contribution in [2.75, 3.05) is 20.1 Å². The molecule has 0 saturated heterocycles. The Kier molecular flexibility index (Phi) is 11.5. The second-order valence-electron chi connectivity index (χ2n) is 9.39. The smallest absolute Gasteiger partial charge is 0.243 e. The van der Waals surface area contributed by atoms with Crippen LogP contribution in [0, 0.1) is 0 Å². The summed E-state index contributed by atoms with van der Waals surface area (Å²) in [7, 11) is -2.15. The molecule has 0 aliphatic heterocycles. The van der Waals surface area contributed by atoms with Crippen molar-refractivity contribution >= 4 is 33.4 Å². The third-order valence-electron chi connectivity index (χ3n) is 6.38. The maximum Gasteiger partial charge on any atom is 0.243 e. The maximum absolute atomic E-state index is 13.7. The molecule has 0 bridgehead atoms. The van der Waals surface area contributed by atoms with Gasteiger partial charge < -0.3 is 10.2 Å². The van der Waals surface area contributed by atoms with Crippen LogP contribution in [0.15, 0.2) is 89.8 Å². The second kappa shape index (κ2) is 14.8. The van der Waals surface area contributed by atoms with Gasteiger partial charge in [0.05, 0.1) is 4.90 Å². The predicted molar refractivity (Wildman–Crippen MR) is 155 cm³/mol. The monoisotopic (exact) mass is 569 g/mol. The lowest BCUT2D eigenvalue weighted by Gasteiger charge is -2.32. The number of rotatable bonds is 14. The number of nitrogens with one attached hydrogen (secondary N) is 1. The van der Waals surface area contributed by atoms with E-state index in [-0.39, 0.29) is 36.2 Å². The van der Waals surface area contributed by atoms with Crippen LogP contribution in [0.5, 0.6) is 0 Å². The Morgan fingerprint density at radius 1 is 0.923 bits per heavy atom. The van der Waals surface area contributed by atoms with Gasteiger partial charge in [-0.3, -0.25) is 9.59 Å². The highest BCUT2D eigenvalue weighted by atomic mass is 35.5. The fraction of sp³-hybridized carbons (Fsp3) is 0.333. The first kappa shape index (κ1) is 30.3. The molecule has 1 atom stereocenters. The van der Waals surface area contributed by atoms with E-state index in [1.165, 1.54) is 11.4 Å². The first-order valence-electron chi connectivity index (χ1n) is 13.1. The SMILES string of the molecule is CCCNC(=O)[C@H](Cc1ccccc1)N(Cc1cccc(Cl)c1)C(=O)CCCN(C)S(=O)(=O)c1ccccc1. The van der Waals surface area contributed by atoms with E-state index < -0.39 is 16.1 Å². The molecule has 2 amide bonds. The van der Waals surface area contributed by atoms with E-state index in [1.807, 2.05) is 49.4 Å². The summed E-state index contributed by atoms with van der Waals surface area (Å²) in [5.74, 6) is -0.451. The molecule has 3 rings (SSSR count). The van der Waals surface area contributed by atoms with Crippen LogP contribution in [-0.4, -0.2) is 55.6 Å². The summed E-state index contributed by atoms with van der Waals surface area (Å²) in [4.78, 5) is 28.8. The molecule has 9 heteroatoms. The summed E-state index contributed by atoms with van der Waals surface area (Å²) in [6, 6.07) is 24.3. The molecular weight excluding hydrogens is 534 g/mol. The summed E-state index contributed by atoms with van der Waals surface area (Å²) in [5.41, 5.74) is 1.74. The molecule has 0 saturated carbocycles. The van der Waals surface area contributed by atoms with Gasteiger partial charge in [0.15, 0.2) is 0 Å². The van der Waals surface area contributed by atoms with E-state index >= 15 is 0 Å². The van der Waals surface area contributed by atoms with Crippen molar-refractivity contribution in [3.63, 3.8) is 0 Å². The van der Waals surface area contributed by atoms with Gasteiger partial charge in [-0.2, -0.15) is 0 Å². The van der Waals surface area contributed by atoms with E-state index in [9.17, 15) is 18.0 Å². The summed E-state index contributed by atoms with van der Waals surface area (Å²) >= 11 is 6.21. The fourth-order valence-electron chi connectivity index (χ4n) is 4.24. The zero-order valence-electron chi connectivity index (χ0n) is 22.4. The standard InChI is InChI=1S/C30H36ClN3O4S/c1-3-19-32-30(36)28(22-24-12-6-4-7-13-24)34(23-25-14-10-15-26(31)21-25)29(35)18-11-20-33(2)39(37,38)27-16-8-5-9-17-27/h4-10,12-17,21,28H,3,11,18-20,22-23H2,1-2H3,(H,32,36)/t28-/m0/s1. The fourth-order valence-corrected chi connectivity index (χ4v) is 5.68. The average Bonchev–Trinajstić information content (AvgIpc) is 2.94. The normalized spacial score (nSPS) is 12.2. The Bertz CT molecular complexity index is 1320. The average molecular weight is 570 g/mol. The van der Waals surface area contributed by atoms with Crippen molar-refractivity contribution in [3.05, 3.63) is 101 Å². The van der Waals surface area contributed by atoms with E-state index in [0.29, 0.717) is 24.4 Å². The number of sulfonamides is 1. The van der Waals surface area contributed by atoms with Gasteiger partial charge in [-0.05, 0) is 48.2 Å². The second-order valence-corrected chi connectivity index (χ2v) is 11.9. The number of halogens is 1. The van der Waals surface area contributed by atoms with Crippen LogP contribution in [0.2, 0.25) is 5.02 Å². The van der Waals surface area contributed by atoms with Crippen molar-refractivity contribution in [2.45, 2.75) is 50.1 Å². The van der Waals surface area contributed by atoms with Crippen LogP contribution in [-0.2, 0) is 32.6 Å². The molecular formula is C30H36ClN3O4S. The number of carbonyl (C=O) groups is 2. The highest BCUT2D eigenvalue weighted by Gasteiger charge is 2.30. The third-order valence-corrected chi connectivity index (χ3v) is 8.48. The number of benzene rings is 3. The zero-order valence-corrected chi connectivity index (χ0v) is 24.0. The van der Waals surface area contributed by atoms with Crippen molar-refractivity contribution in [2.24, 2.45) is 0 Å². The molecule has 208 valence electrons. The van der Waals surface area contributed by atoms with Crippen LogP contribution in [0.1, 0.15) is 37.3 Å². The first-order chi connectivity index (χ1) is 18.7. The number of hydrogen-bond acceptors (Lipinski definition) is 4. The zero-order chi connectivity index (χ0) is 28.3. The lowest BCUT2D eigenvalue weighted by molar-refractivity contribution is -0.141. The molecule has 0 aliphatic carbocycles. The molecule has 0 aliphatic rings. The lowest BCUT2D eigenvalue weighted by Crippen LogP contribution is -2.50. The van der Waals surface area contributed by atoms with Gasteiger partial charge in [-0.25, -0.2) is 12.7 Å². The van der Waals surface area contributed by atoms with Crippen LogP contribution in [0.3, 0.4) is 0 Å². The van der Waals surface area contributed by atoms with Crippen molar-refractivity contribution in [1.29, 1.82) is 0 Å². The maximum atomic E-state index is 13.7. The van der Waals surface area contributed by atoms with Gasteiger partial charge >= 0.3 is 0 Å². The number of carbonyl (C=O) groups excluding carboxylic acids is 2. The Hall–Kier alpha value is -3.20. The summed E-state index contributed by atoms with van der Waals surface area (Å²) in [6.07, 6.45) is 1.52. The van der Waals surface area contributed by atoms with E-state index in [0.717, 1.165) is 17.5 Å². The lowest BCUT2D eigenvalue weighted by atomic mass is 10.0. The highest BCUT2D eigenvalue weighted by molar-refractivity contribution is 7.89. The third kappa shape index (κ3) is 8.92. The van der Waals surface area contributed by atoms with E-state index in [4.69, 9.17) is 11.6 Å². The molecule has 7 nitrogen and oxygen atoms in total. The topological polar surface area (TPSA) is 86.8 Å². The minimum Gasteiger partial charge on any atom is -0.354 e. The molecule has 1 N–H and O–H groups in total. The van der Waals surface area contributed by atoms with Crippen LogP contribution < -0.4 is 5.32 Å². The Morgan fingerprint density at radius 2 is 1.56 bits per heavy atom. The van der Waals surface area contributed by atoms with Gasteiger partial charge in [0.1, 0.15) is 6.04 Å². The minimum atomic E-state index is -3.66. The molecule has 0 unspecified atom stereocenters. The number of nitrogens with zero attached hydrogens (tertiary/aromatic N) is 2. The van der Waals surface area contributed by atoms with E-state index in [2.05, 4.69) is 5.32 Å². The van der Waals surface area contributed by atoms with Crippen LogP contribution in [0.4, 0.5) is 0 Å². The van der Waals surface area contributed by atoms with Crippen molar-refractivity contribution in [3.8, 4) is 0 Å². The Labute approximate surface area is 236 Å². The van der Waals surface area contributed by atoms with Crippen LogP contribution in [0.25, 0.3) is 0 Å². The number of amides is 2. The first-order valence-corrected chi connectivity index (χ1v) is 14.9. The van der Waals surface area contributed by atoms with Gasteiger partial charge in [0.2, 0.25) is 21.8 Å². The molecule has 3 aromatic carbocycles. The summed E-state index contributed by atoms with van der Waals surface area (Å²) < 4.78 is 27.0. The van der Waals surface area contributed by atoms with Gasteiger partial charge in [-0.15, -0.1) is 0 Å². The predicted octanol–water partition coefficient (Wildman–Crippen LogP) is 4.91. The summed E-state index contributed by atoms with van der Waals surface area (Å²) in [5, 5.41) is 3.50. The molecule has 0 radical (unpaired) electrons. The van der Waals surface area contributed by atoms with E-state index in [1.54, 1.807) is 47.4 Å². The largest absolute Gasteiger partial charge is 0.354 e. The quantitative estimate of drug-likeness (QED) is 0.299. The molecule has 0 spiro atoms. The van der Waals surface area contributed by atoms with Crippen molar-refractivity contribution in [1.82, 2.24) is 14.5 Å². The van der Waals surface area contributed by atoms with Gasteiger partial charge in [-0.1, -0.05) is 79.2 Å². The highest BCUT2D eigenvalue weighted by Crippen LogP contribution is 2.19. The summed E-state index contributed by atoms with van der Waals surface area (Å²) in [6.45, 7) is 2.85. The molecule has 0 aromatic heterocycles. The molecule has 0 fully saturated rings. The molecule has 39 heavy (non-hydrogen) atoms. The van der Waals surface area contributed by atoms with Gasteiger partial charge in [0.25, 0.3) is 0 Å². The Balaban J connectivity index is 1.81. The molecule has 3 aromatic rings. The number of hydrogen-bond donors (Lipinski definition) is 1. The minimum absolute atomic E-state index is 0.0849. The van der Waals surface area contributed by atoms with Gasteiger partial charge in [0, 0.05) is 44.5 Å². The Morgan fingerprint density at radius 3 is 2.21 bits per heavy atom. The van der Waals surface area contributed by atoms with Crippen molar-refractivity contribution < 1.29 is 18.0 Å².